The van der Waals surface area contributed by atoms with Crippen molar-refractivity contribution in [2.45, 2.75) is 33.2 Å². The Bertz CT molecular complexity index is 1230. The molecule has 2 N–H and O–H groups in total. The van der Waals surface area contributed by atoms with E-state index in [1.165, 1.54) is 12.7 Å². The third-order valence-electron chi connectivity index (χ3n) is 6.36. The summed E-state index contributed by atoms with van der Waals surface area (Å²) >= 11 is 0. The van der Waals surface area contributed by atoms with E-state index in [4.69, 9.17) is 14.5 Å². The fraction of sp³-hybridized carbons (Fsp3) is 0.370. The van der Waals surface area contributed by atoms with Gasteiger partial charge in [0.2, 0.25) is 5.91 Å². The molecule has 1 fully saturated rings. The molecule has 8 nitrogen and oxygen atoms in total. The van der Waals surface area contributed by atoms with Gasteiger partial charge in [-0.25, -0.2) is 9.78 Å². The minimum atomic E-state index is -0.520. The maximum Gasteiger partial charge on any atom is 0.356 e. The number of rotatable bonds is 9. The van der Waals surface area contributed by atoms with E-state index in [0.717, 1.165) is 11.3 Å². The molecule has 3 heterocycles. The van der Waals surface area contributed by atoms with Gasteiger partial charge < -0.3 is 24.7 Å². The fourth-order valence-corrected chi connectivity index (χ4v) is 4.17. The number of esters is 1. The van der Waals surface area contributed by atoms with Gasteiger partial charge >= 0.3 is 5.97 Å². The number of anilines is 2. The van der Waals surface area contributed by atoms with Crippen LogP contribution >= 0.6 is 0 Å². The van der Waals surface area contributed by atoms with Gasteiger partial charge in [-0.3, -0.25) is 4.79 Å². The first kappa shape index (κ1) is 24.5. The average Bonchev–Trinajstić information content (AvgIpc) is 3.53. The lowest BCUT2D eigenvalue weighted by Crippen LogP contribution is -2.24. The number of hydrogen-bond donors (Lipinski definition) is 2. The number of aryl methyl sites for hydroxylation is 2. The van der Waals surface area contributed by atoms with E-state index in [1.54, 1.807) is 6.20 Å². The third kappa shape index (κ3) is 5.54. The van der Waals surface area contributed by atoms with Gasteiger partial charge in [0.25, 0.3) is 0 Å². The van der Waals surface area contributed by atoms with Crippen molar-refractivity contribution in [2.24, 2.45) is 5.92 Å². The molecule has 0 aliphatic carbocycles. The minimum Gasteiger partial charge on any atom is -0.464 e. The van der Waals surface area contributed by atoms with Crippen LogP contribution in [0.1, 0.15) is 36.3 Å². The largest absolute Gasteiger partial charge is 0.464 e. The maximum atomic E-state index is 13.1. The zero-order valence-electron chi connectivity index (χ0n) is 20.5. The number of ether oxygens (including phenoxy) is 2. The Kier molecular flexibility index (Phi) is 7.82. The van der Waals surface area contributed by atoms with Crippen LogP contribution in [0.3, 0.4) is 0 Å². The summed E-state index contributed by atoms with van der Waals surface area (Å²) in [7, 11) is 1.35. The Hall–Kier alpha value is -3.65. The molecule has 0 unspecified atom stereocenters. The van der Waals surface area contributed by atoms with Crippen molar-refractivity contribution >= 4 is 34.3 Å². The maximum absolute atomic E-state index is 13.1. The van der Waals surface area contributed by atoms with E-state index in [-0.39, 0.29) is 11.8 Å². The second-order valence-corrected chi connectivity index (χ2v) is 8.74. The molecular weight excluding hydrogens is 444 g/mol. The van der Waals surface area contributed by atoms with Crippen LogP contribution in [-0.4, -0.2) is 48.3 Å². The zero-order chi connectivity index (χ0) is 24.8. The molecule has 2 aromatic heterocycles. The van der Waals surface area contributed by atoms with Crippen LogP contribution in [0.5, 0.6) is 0 Å². The molecule has 35 heavy (non-hydrogen) atoms. The molecule has 1 aromatic carbocycles. The summed E-state index contributed by atoms with van der Waals surface area (Å²) in [5, 5.41) is 7.07. The summed E-state index contributed by atoms with van der Waals surface area (Å²) in [4.78, 5) is 30.8. The summed E-state index contributed by atoms with van der Waals surface area (Å²) in [6, 6.07) is 12.0. The van der Waals surface area contributed by atoms with Crippen LogP contribution in [0.2, 0.25) is 0 Å². The molecule has 1 saturated heterocycles. The summed E-state index contributed by atoms with van der Waals surface area (Å²) < 4.78 is 12.4. The highest BCUT2D eigenvalue weighted by Gasteiger charge is 2.29. The summed E-state index contributed by atoms with van der Waals surface area (Å²) in [5.74, 6) is -0.944. The van der Waals surface area contributed by atoms with Crippen LogP contribution in [0, 0.1) is 5.92 Å². The summed E-state index contributed by atoms with van der Waals surface area (Å²) in [6.07, 6.45) is 5.14. The van der Waals surface area contributed by atoms with E-state index in [1.807, 2.05) is 60.9 Å². The first-order chi connectivity index (χ1) is 17.0. The van der Waals surface area contributed by atoms with E-state index < -0.39 is 5.97 Å². The second kappa shape index (κ2) is 11.2. The first-order valence-electron chi connectivity index (χ1n) is 11.9. The standard InChI is InChI=1S/C27H32N4O4/c1-4-18(2)15-28-21-14-22-23(30-26(32)20-11-13-35-17-20)24(27(33)34-3)31(25(22)29-16-21)12-10-19-8-6-5-7-9-19/h4-9,14,16,20,28H,10-13,15,17H2,1-3H3,(H,30,32)/b18-4+/t20-/m0/s1. The molecule has 0 radical (unpaired) electrons. The molecule has 0 saturated carbocycles. The highest BCUT2D eigenvalue weighted by molar-refractivity contribution is 6.11. The molecule has 3 aromatic rings. The number of hydrogen-bond acceptors (Lipinski definition) is 6. The predicted molar refractivity (Wildman–Crippen MR) is 137 cm³/mol. The molecule has 0 spiro atoms. The van der Waals surface area contributed by atoms with Gasteiger partial charge in [0.1, 0.15) is 5.65 Å². The van der Waals surface area contributed by atoms with Crippen LogP contribution < -0.4 is 10.6 Å². The van der Waals surface area contributed by atoms with Gasteiger partial charge in [-0.15, -0.1) is 0 Å². The van der Waals surface area contributed by atoms with Crippen molar-refractivity contribution in [1.29, 1.82) is 0 Å². The molecule has 1 amide bonds. The Morgan fingerprint density at radius 3 is 2.77 bits per heavy atom. The minimum absolute atomic E-state index is 0.169. The number of aromatic nitrogens is 2. The second-order valence-electron chi connectivity index (χ2n) is 8.74. The van der Waals surface area contributed by atoms with Crippen molar-refractivity contribution in [3.8, 4) is 0 Å². The molecular formula is C27H32N4O4. The number of pyridine rings is 1. The number of benzene rings is 1. The number of carbonyl (C=O) groups is 2. The van der Waals surface area contributed by atoms with Crippen molar-refractivity contribution in [1.82, 2.24) is 9.55 Å². The van der Waals surface area contributed by atoms with E-state index >= 15 is 0 Å². The lowest BCUT2D eigenvalue weighted by molar-refractivity contribution is -0.119. The molecule has 0 bridgehead atoms. The van der Waals surface area contributed by atoms with Crippen molar-refractivity contribution < 1.29 is 19.1 Å². The number of nitrogens with zero attached hydrogens (tertiary/aromatic N) is 2. The van der Waals surface area contributed by atoms with E-state index in [2.05, 4.69) is 10.6 Å². The number of carbonyl (C=O) groups excluding carboxylic acids is 2. The van der Waals surface area contributed by atoms with Crippen LogP contribution in [0.25, 0.3) is 11.0 Å². The Morgan fingerprint density at radius 1 is 1.29 bits per heavy atom. The molecule has 4 rings (SSSR count). The highest BCUT2D eigenvalue weighted by atomic mass is 16.5. The number of amides is 1. The van der Waals surface area contributed by atoms with E-state index in [9.17, 15) is 9.59 Å². The van der Waals surface area contributed by atoms with Gasteiger partial charge in [-0.1, -0.05) is 42.0 Å². The Balaban J connectivity index is 1.78. The first-order valence-corrected chi connectivity index (χ1v) is 11.9. The number of nitrogens with one attached hydrogen (secondary N) is 2. The molecule has 1 aliphatic heterocycles. The summed E-state index contributed by atoms with van der Waals surface area (Å²) in [6.45, 7) is 6.15. The summed E-state index contributed by atoms with van der Waals surface area (Å²) in [5.41, 5.74) is 4.47. The normalized spacial score (nSPS) is 15.9. The van der Waals surface area contributed by atoms with Crippen LogP contribution in [-0.2, 0) is 27.2 Å². The fourth-order valence-electron chi connectivity index (χ4n) is 4.17. The van der Waals surface area contributed by atoms with Crippen molar-refractivity contribution in [3.63, 3.8) is 0 Å². The van der Waals surface area contributed by atoms with Crippen LogP contribution in [0.4, 0.5) is 11.4 Å². The predicted octanol–water partition coefficient (Wildman–Crippen LogP) is 4.42. The van der Waals surface area contributed by atoms with Gasteiger partial charge in [0.15, 0.2) is 5.69 Å². The average molecular weight is 477 g/mol. The zero-order valence-corrected chi connectivity index (χ0v) is 20.5. The lowest BCUT2D eigenvalue weighted by atomic mass is 10.1. The topological polar surface area (TPSA) is 94.5 Å². The Morgan fingerprint density at radius 2 is 2.09 bits per heavy atom. The highest BCUT2D eigenvalue weighted by Crippen LogP contribution is 2.33. The molecule has 1 aliphatic rings. The SMILES string of the molecule is C/C=C(\C)CNc1cnc2c(c1)c(NC(=O)[C@H]1CCOC1)c(C(=O)OC)n2CCc1ccccc1. The lowest BCUT2D eigenvalue weighted by Gasteiger charge is -2.12. The van der Waals surface area contributed by atoms with E-state index in [0.29, 0.717) is 61.6 Å². The Labute approximate surface area is 205 Å². The number of allylic oxidation sites excluding steroid dienone is 1. The molecule has 184 valence electrons. The van der Waals surface area contributed by atoms with Crippen molar-refractivity contribution in [3.05, 3.63) is 65.5 Å². The van der Waals surface area contributed by atoms with Gasteiger partial charge in [-0.05, 0) is 38.3 Å². The van der Waals surface area contributed by atoms with Crippen LogP contribution in [0.15, 0.2) is 54.2 Å². The van der Waals surface area contributed by atoms with Gasteiger partial charge in [0.05, 0.1) is 37.2 Å². The molecule has 1 atom stereocenters. The number of fused-ring (bicyclic) bond motifs is 1. The van der Waals surface area contributed by atoms with Gasteiger partial charge in [-0.2, -0.15) is 0 Å². The number of methoxy groups -OCH3 is 1. The van der Waals surface area contributed by atoms with Crippen molar-refractivity contribution in [2.75, 3.05) is 37.5 Å². The quantitative estimate of drug-likeness (QED) is 0.351. The monoisotopic (exact) mass is 476 g/mol. The third-order valence-corrected chi connectivity index (χ3v) is 6.36. The molecule has 8 heteroatoms. The smallest absolute Gasteiger partial charge is 0.356 e. The van der Waals surface area contributed by atoms with Gasteiger partial charge in [0, 0.05) is 25.1 Å².